The maximum Gasteiger partial charge on any atom is 0.194 e. The molecule has 0 unspecified atom stereocenters. The smallest absolute Gasteiger partial charge is 0.194 e. The molecule has 0 saturated carbocycles. The van der Waals surface area contributed by atoms with E-state index in [4.69, 9.17) is 4.99 Å². The summed E-state index contributed by atoms with van der Waals surface area (Å²) in [5, 5.41) is 13.1. The summed E-state index contributed by atoms with van der Waals surface area (Å²) in [6.45, 7) is 8.70. The number of likely N-dealkylation sites (tertiary alicyclic amines) is 2. The number of nitrogens with zero attached hydrogens (tertiary/aromatic N) is 3. The maximum atomic E-state index is 9.74. The summed E-state index contributed by atoms with van der Waals surface area (Å²) in [6, 6.07) is 8.88. The molecule has 5 nitrogen and oxygen atoms in total. The van der Waals surface area contributed by atoms with Crippen LogP contribution in [0.3, 0.4) is 0 Å². The van der Waals surface area contributed by atoms with Crippen LogP contribution in [0.15, 0.2) is 29.3 Å². The van der Waals surface area contributed by atoms with Gasteiger partial charge in [-0.2, -0.15) is 0 Å². The first kappa shape index (κ1) is 21.4. The standard InChI is InChI=1S/C20H32N4O.HI/c1-2-21-20(24-13-10-19(25)16-24)22-14-17-6-8-18(9-7-17)15-23-11-4-3-5-12-23;/h6-9,19,25H,2-5,10-16H2,1H3,(H,21,22);1H/t19-;/m1./s1. The first-order chi connectivity index (χ1) is 12.2. The molecule has 1 aromatic carbocycles. The normalized spacial score (nSPS) is 21.5. The van der Waals surface area contributed by atoms with E-state index in [0.717, 1.165) is 32.0 Å². The van der Waals surface area contributed by atoms with Gasteiger partial charge in [-0.15, -0.1) is 24.0 Å². The molecular formula is C20H33IN4O. The molecule has 1 aromatic rings. The number of halogens is 1. The molecule has 2 aliphatic heterocycles. The third kappa shape index (κ3) is 6.39. The molecule has 1 atom stereocenters. The van der Waals surface area contributed by atoms with E-state index < -0.39 is 0 Å². The van der Waals surface area contributed by atoms with Crippen molar-refractivity contribution in [3.8, 4) is 0 Å². The van der Waals surface area contributed by atoms with E-state index in [1.54, 1.807) is 0 Å². The number of hydrogen-bond donors (Lipinski definition) is 2. The van der Waals surface area contributed by atoms with Crippen molar-refractivity contribution in [2.45, 2.75) is 51.8 Å². The van der Waals surface area contributed by atoms with Crippen molar-refractivity contribution in [2.75, 3.05) is 32.7 Å². The van der Waals surface area contributed by atoms with Crippen molar-refractivity contribution in [1.29, 1.82) is 0 Å². The second kappa shape index (κ2) is 11.1. The minimum atomic E-state index is -0.224. The number of guanidine groups is 1. The number of aliphatic hydroxyl groups excluding tert-OH is 1. The van der Waals surface area contributed by atoms with E-state index in [-0.39, 0.29) is 30.1 Å². The molecule has 146 valence electrons. The van der Waals surface area contributed by atoms with Crippen molar-refractivity contribution in [3.05, 3.63) is 35.4 Å². The van der Waals surface area contributed by atoms with Gasteiger partial charge in [0.1, 0.15) is 0 Å². The van der Waals surface area contributed by atoms with Crippen LogP contribution in [0.2, 0.25) is 0 Å². The Balaban J connectivity index is 0.00000243. The predicted molar refractivity (Wildman–Crippen MR) is 118 cm³/mol. The third-order valence-corrected chi connectivity index (χ3v) is 5.09. The van der Waals surface area contributed by atoms with Crippen LogP contribution >= 0.6 is 24.0 Å². The third-order valence-electron chi connectivity index (χ3n) is 5.09. The van der Waals surface area contributed by atoms with Crippen molar-refractivity contribution in [3.63, 3.8) is 0 Å². The summed E-state index contributed by atoms with van der Waals surface area (Å²) in [6.07, 6.45) is 4.67. The van der Waals surface area contributed by atoms with E-state index in [9.17, 15) is 5.11 Å². The lowest BCUT2D eigenvalue weighted by Crippen LogP contribution is -2.40. The van der Waals surface area contributed by atoms with Crippen molar-refractivity contribution in [2.24, 2.45) is 4.99 Å². The average molecular weight is 472 g/mol. The molecule has 2 N–H and O–H groups in total. The second-order valence-corrected chi connectivity index (χ2v) is 7.21. The lowest BCUT2D eigenvalue weighted by Gasteiger charge is -2.26. The highest BCUT2D eigenvalue weighted by Gasteiger charge is 2.22. The maximum absolute atomic E-state index is 9.74. The van der Waals surface area contributed by atoms with Gasteiger partial charge in [0.15, 0.2) is 5.96 Å². The van der Waals surface area contributed by atoms with Gasteiger partial charge in [0.25, 0.3) is 0 Å². The minimum absolute atomic E-state index is 0. The SMILES string of the molecule is CCNC(=NCc1ccc(CN2CCCCC2)cc1)N1CC[C@@H](O)C1.I. The molecule has 3 rings (SSSR count). The number of aliphatic hydroxyl groups is 1. The first-order valence-corrected chi connectivity index (χ1v) is 9.76. The molecule has 6 heteroatoms. The molecule has 0 aromatic heterocycles. The Morgan fingerprint density at radius 3 is 2.42 bits per heavy atom. The number of rotatable bonds is 5. The molecule has 0 aliphatic carbocycles. The molecule has 2 aliphatic rings. The second-order valence-electron chi connectivity index (χ2n) is 7.21. The summed E-state index contributed by atoms with van der Waals surface area (Å²) in [7, 11) is 0. The van der Waals surface area contributed by atoms with E-state index in [0.29, 0.717) is 13.1 Å². The number of aliphatic imine (C=N–C) groups is 1. The molecule has 2 heterocycles. The molecule has 0 amide bonds. The van der Waals surface area contributed by atoms with E-state index >= 15 is 0 Å². The van der Waals surface area contributed by atoms with Gasteiger partial charge in [0.05, 0.1) is 12.6 Å². The predicted octanol–water partition coefficient (Wildman–Crippen LogP) is 2.82. The summed E-state index contributed by atoms with van der Waals surface area (Å²) in [4.78, 5) is 9.46. The Morgan fingerprint density at radius 1 is 1.12 bits per heavy atom. The van der Waals surface area contributed by atoms with Crippen LogP contribution in [0.25, 0.3) is 0 Å². The van der Waals surface area contributed by atoms with E-state index in [2.05, 4.69) is 46.3 Å². The highest BCUT2D eigenvalue weighted by Crippen LogP contribution is 2.14. The number of benzene rings is 1. The van der Waals surface area contributed by atoms with Gasteiger partial charge in [0, 0.05) is 26.2 Å². The van der Waals surface area contributed by atoms with Crippen LogP contribution in [0.5, 0.6) is 0 Å². The fraction of sp³-hybridized carbons (Fsp3) is 0.650. The quantitative estimate of drug-likeness (QED) is 0.393. The van der Waals surface area contributed by atoms with Gasteiger partial charge < -0.3 is 15.3 Å². The van der Waals surface area contributed by atoms with Gasteiger partial charge in [0.2, 0.25) is 0 Å². The zero-order chi connectivity index (χ0) is 17.5. The van der Waals surface area contributed by atoms with Gasteiger partial charge in [-0.05, 0) is 50.4 Å². The van der Waals surface area contributed by atoms with Crippen LogP contribution in [0, 0.1) is 0 Å². The molecule has 26 heavy (non-hydrogen) atoms. The van der Waals surface area contributed by atoms with Crippen molar-refractivity contribution in [1.82, 2.24) is 15.1 Å². The fourth-order valence-electron chi connectivity index (χ4n) is 3.65. The van der Waals surface area contributed by atoms with Gasteiger partial charge >= 0.3 is 0 Å². The first-order valence-electron chi connectivity index (χ1n) is 9.76. The molecule has 2 fully saturated rings. The van der Waals surface area contributed by atoms with Crippen LogP contribution in [0.1, 0.15) is 43.7 Å². The zero-order valence-corrected chi connectivity index (χ0v) is 18.2. The zero-order valence-electron chi connectivity index (χ0n) is 15.9. The molecule has 0 spiro atoms. The Kier molecular flexibility index (Phi) is 9.15. The largest absolute Gasteiger partial charge is 0.391 e. The molecule has 0 radical (unpaired) electrons. The Hall–Kier alpha value is -0.860. The summed E-state index contributed by atoms with van der Waals surface area (Å²) in [5.41, 5.74) is 2.63. The lowest BCUT2D eigenvalue weighted by molar-refractivity contribution is 0.188. The van der Waals surface area contributed by atoms with Crippen LogP contribution in [-0.4, -0.2) is 59.7 Å². The number of β-amino-alcohol motifs (C(OH)–C–C–N with tert-alkyl or cyclic N) is 1. The minimum Gasteiger partial charge on any atom is -0.391 e. The van der Waals surface area contributed by atoms with Gasteiger partial charge in [-0.1, -0.05) is 30.7 Å². The van der Waals surface area contributed by atoms with Crippen molar-refractivity contribution < 1.29 is 5.11 Å². The average Bonchev–Trinajstić information content (AvgIpc) is 3.07. The number of nitrogens with one attached hydrogen (secondary N) is 1. The summed E-state index contributed by atoms with van der Waals surface area (Å²) < 4.78 is 0. The Morgan fingerprint density at radius 2 is 1.81 bits per heavy atom. The van der Waals surface area contributed by atoms with E-state index in [1.807, 2.05) is 0 Å². The number of hydrogen-bond acceptors (Lipinski definition) is 3. The molecule has 0 bridgehead atoms. The summed E-state index contributed by atoms with van der Waals surface area (Å²) >= 11 is 0. The van der Waals surface area contributed by atoms with Crippen molar-refractivity contribution >= 4 is 29.9 Å². The molecule has 2 saturated heterocycles. The number of piperidine rings is 1. The van der Waals surface area contributed by atoms with Gasteiger partial charge in [-0.3, -0.25) is 4.90 Å². The van der Waals surface area contributed by atoms with Crippen LogP contribution in [-0.2, 0) is 13.1 Å². The van der Waals surface area contributed by atoms with Crippen LogP contribution in [0.4, 0.5) is 0 Å². The highest BCUT2D eigenvalue weighted by molar-refractivity contribution is 14.0. The van der Waals surface area contributed by atoms with Gasteiger partial charge in [-0.25, -0.2) is 4.99 Å². The Bertz CT molecular complexity index is 557. The lowest BCUT2D eigenvalue weighted by atomic mass is 10.1. The topological polar surface area (TPSA) is 51.1 Å². The van der Waals surface area contributed by atoms with Crippen LogP contribution < -0.4 is 5.32 Å². The highest BCUT2D eigenvalue weighted by atomic mass is 127. The van der Waals surface area contributed by atoms with E-state index in [1.165, 1.54) is 43.5 Å². The summed E-state index contributed by atoms with van der Waals surface area (Å²) in [5.74, 6) is 0.913. The Labute approximate surface area is 174 Å². The fourth-order valence-corrected chi connectivity index (χ4v) is 3.65. The molecular weight excluding hydrogens is 439 g/mol. The monoisotopic (exact) mass is 472 g/mol.